The second-order valence-corrected chi connectivity index (χ2v) is 5.92. The molecule has 0 aliphatic carbocycles. The molecule has 1 aromatic heterocycles. The van der Waals surface area contributed by atoms with E-state index in [0.717, 1.165) is 23.5 Å². The summed E-state index contributed by atoms with van der Waals surface area (Å²) in [6.07, 6.45) is 0. The van der Waals surface area contributed by atoms with Crippen LogP contribution in [0.1, 0.15) is 21.7 Å². The summed E-state index contributed by atoms with van der Waals surface area (Å²) in [6.45, 7) is 3.17. The fraction of sp³-hybridized carbons (Fsp3) is 0.150. The monoisotopic (exact) mass is 367 g/mol. The van der Waals surface area contributed by atoms with Crippen LogP contribution in [0.3, 0.4) is 0 Å². The van der Waals surface area contributed by atoms with Crippen molar-refractivity contribution in [1.29, 1.82) is 0 Å². The number of para-hydroxylation sites is 1. The number of ether oxygens (including phenoxy) is 1. The molecule has 138 valence electrons. The molecule has 27 heavy (non-hydrogen) atoms. The molecule has 0 aliphatic rings. The molecule has 0 unspecified atom stereocenters. The number of esters is 1. The molecule has 1 N–H and O–H groups in total. The zero-order valence-corrected chi connectivity index (χ0v) is 14.9. The number of hydrogen-bond donors (Lipinski definition) is 1. The molecular formula is C20H18FN3O3. The van der Waals surface area contributed by atoms with Crippen LogP contribution in [-0.2, 0) is 9.53 Å². The maximum absolute atomic E-state index is 12.9. The summed E-state index contributed by atoms with van der Waals surface area (Å²) in [5.41, 5.74) is 3.03. The van der Waals surface area contributed by atoms with Crippen molar-refractivity contribution >= 4 is 17.6 Å². The number of halogens is 1. The van der Waals surface area contributed by atoms with Crippen molar-refractivity contribution in [2.45, 2.75) is 13.8 Å². The van der Waals surface area contributed by atoms with Gasteiger partial charge < -0.3 is 10.1 Å². The number of aryl methyl sites for hydroxylation is 1. The third-order valence-electron chi connectivity index (χ3n) is 3.97. The fourth-order valence-corrected chi connectivity index (χ4v) is 2.62. The smallest absolute Gasteiger partial charge is 0.338 e. The van der Waals surface area contributed by atoms with Crippen molar-refractivity contribution in [3.63, 3.8) is 0 Å². The minimum atomic E-state index is -0.696. The number of hydrogen-bond acceptors (Lipinski definition) is 4. The molecule has 0 atom stereocenters. The Balaban J connectivity index is 1.65. The van der Waals surface area contributed by atoms with Gasteiger partial charge in [0, 0.05) is 0 Å². The molecule has 0 fully saturated rings. The Morgan fingerprint density at radius 1 is 1.07 bits per heavy atom. The minimum Gasteiger partial charge on any atom is -0.452 e. The summed E-state index contributed by atoms with van der Waals surface area (Å²) in [6, 6.07) is 14.4. The van der Waals surface area contributed by atoms with Gasteiger partial charge in [-0.15, -0.1) is 0 Å². The average Bonchev–Trinajstić information content (AvgIpc) is 2.95. The molecule has 2 aromatic carbocycles. The molecule has 0 saturated carbocycles. The van der Waals surface area contributed by atoms with Crippen molar-refractivity contribution in [2.24, 2.45) is 0 Å². The standard InChI is InChI=1S/C20H18FN3O3/c1-13-19(14(2)24(23-13)17-6-4-3-5-7-17)22-18(25)12-27-20(26)15-8-10-16(21)11-9-15/h3-11H,12H2,1-2H3,(H,22,25). The van der Waals surface area contributed by atoms with Gasteiger partial charge in [-0.2, -0.15) is 5.10 Å². The van der Waals surface area contributed by atoms with Gasteiger partial charge in [-0.25, -0.2) is 13.9 Å². The predicted molar refractivity (Wildman–Crippen MR) is 98.4 cm³/mol. The minimum absolute atomic E-state index is 0.174. The molecule has 0 radical (unpaired) electrons. The molecule has 0 bridgehead atoms. The molecule has 3 rings (SSSR count). The lowest BCUT2D eigenvalue weighted by Crippen LogP contribution is -2.21. The van der Waals surface area contributed by atoms with Crippen molar-refractivity contribution in [3.8, 4) is 5.69 Å². The zero-order chi connectivity index (χ0) is 19.4. The van der Waals surface area contributed by atoms with Gasteiger partial charge in [0.25, 0.3) is 5.91 Å². The van der Waals surface area contributed by atoms with E-state index in [-0.39, 0.29) is 5.56 Å². The van der Waals surface area contributed by atoms with Gasteiger partial charge in [-0.3, -0.25) is 4.79 Å². The van der Waals surface area contributed by atoms with E-state index in [1.54, 1.807) is 11.6 Å². The van der Waals surface area contributed by atoms with Gasteiger partial charge in [0.05, 0.1) is 28.3 Å². The van der Waals surface area contributed by atoms with E-state index in [1.165, 1.54) is 12.1 Å². The number of rotatable bonds is 5. The van der Waals surface area contributed by atoms with Gasteiger partial charge in [-0.05, 0) is 50.2 Å². The van der Waals surface area contributed by atoms with Crippen LogP contribution in [0, 0.1) is 19.7 Å². The number of nitrogens with one attached hydrogen (secondary N) is 1. The molecule has 6 nitrogen and oxygen atoms in total. The molecule has 0 spiro atoms. The third kappa shape index (κ3) is 4.20. The Kier molecular flexibility index (Phi) is 5.30. The van der Waals surface area contributed by atoms with E-state index in [9.17, 15) is 14.0 Å². The second-order valence-electron chi connectivity index (χ2n) is 5.92. The van der Waals surface area contributed by atoms with Crippen LogP contribution in [0.5, 0.6) is 0 Å². The molecule has 1 amide bonds. The quantitative estimate of drug-likeness (QED) is 0.701. The summed E-state index contributed by atoms with van der Waals surface area (Å²) < 4.78 is 19.6. The first-order chi connectivity index (χ1) is 13.0. The van der Waals surface area contributed by atoms with Gasteiger partial charge in [0.15, 0.2) is 6.61 Å². The number of nitrogens with zero attached hydrogens (tertiary/aromatic N) is 2. The number of anilines is 1. The number of aromatic nitrogens is 2. The Morgan fingerprint density at radius 3 is 2.41 bits per heavy atom. The number of benzene rings is 2. The van der Waals surface area contributed by atoms with Gasteiger partial charge in [0.1, 0.15) is 5.82 Å². The maximum atomic E-state index is 12.9. The lowest BCUT2D eigenvalue weighted by molar-refractivity contribution is -0.119. The van der Waals surface area contributed by atoms with Crippen LogP contribution < -0.4 is 5.32 Å². The van der Waals surface area contributed by atoms with Crippen LogP contribution in [-0.4, -0.2) is 28.3 Å². The molecule has 1 heterocycles. The second kappa shape index (κ2) is 7.82. The van der Waals surface area contributed by atoms with E-state index in [2.05, 4.69) is 10.4 Å². The Labute approximate surface area is 155 Å². The van der Waals surface area contributed by atoms with E-state index in [4.69, 9.17) is 4.74 Å². The summed E-state index contributed by atoms with van der Waals surface area (Å²) in [7, 11) is 0. The highest BCUT2D eigenvalue weighted by molar-refractivity contribution is 5.96. The van der Waals surface area contributed by atoms with Crippen molar-refractivity contribution in [2.75, 3.05) is 11.9 Å². The summed E-state index contributed by atoms with van der Waals surface area (Å²) in [5.74, 6) is -1.63. The summed E-state index contributed by atoms with van der Waals surface area (Å²) >= 11 is 0. The highest BCUT2D eigenvalue weighted by atomic mass is 19.1. The average molecular weight is 367 g/mol. The van der Waals surface area contributed by atoms with E-state index in [1.807, 2.05) is 37.3 Å². The highest BCUT2D eigenvalue weighted by Gasteiger charge is 2.16. The normalized spacial score (nSPS) is 10.5. The fourth-order valence-electron chi connectivity index (χ4n) is 2.62. The lowest BCUT2D eigenvalue weighted by atomic mass is 10.2. The van der Waals surface area contributed by atoms with E-state index < -0.39 is 24.3 Å². The van der Waals surface area contributed by atoms with Crippen molar-refractivity contribution in [3.05, 3.63) is 77.4 Å². The number of carbonyl (C=O) groups is 2. The number of carbonyl (C=O) groups excluding carboxylic acids is 2. The van der Waals surface area contributed by atoms with Crippen LogP contribution in [0.2, 0.25) is 0 Å². The van der Waals surface area contributed by atoms with Crippen molar-refractivity contribution in [1.82, 2.24) is 9.78 Å². The largest absolute Gasteiger partial charge is 0.452 e. The summed E-state index contributed by atoms with van der Waals surface area (Å²) in [4.78, 5) is 24.1. The molecule has 3 aromatic rings. The topological polar surface area (TPSA) is 73.2 Å². The first-order valence-electron chi connectivity index (χ1n) is 8.30. The van der Waals surface area contributed by atoms with Gasteiger partial charge in [0.2, 0.25) is 0 Å². The first kappa shape index (κ1) is 18.3. The van der Waals surface area contributed by atoms with E-state index >= 15 is 0 Å². The molecular weight excluding hydrogens is 349 g/mol. The van der Waals surface area contributed by atoms with Gasteiger partial charge in [-0.1, -0.05) is 18.2 Å². The van der Waals surface area contributed by atoms with Crippen LogP contribution >= 0.6 is 0 Å². The first-order valence-corrected chi connectivity index (χ1v) is 8.30. The van der Waals surface area contributed by atoms with Crippen LogP contribution in [0.4, 0.5) is 10.1 Å². The highest BCUT2D eigenvalue weighted by Crippen LogP contribution is 2.22. The predicted octanol–water partition coefficient (Wildman–Crippen LogP) is 3.42. The Bertz CT molecular complexity index is 966. The zero-order valence-electron chi connectivity index (χ0n) is 14.9. The van der Waals surface area contributed by atoms with E-state index in [0.29, 0.717) is 11.4 Å². The molecule has 0 saturated heterocycles. The lowest BCUT2D eigenvalue weighted by Gasteiger charge is -2.08. The summed E-state index contributed by atoms with van der Waals surface area (Å²) in [5, 5.41) is 7.17. The molecule has 0 aliphatic heterocycles. The SMILES string of the molecule is Cc1nn(-c2ccccc2)c(C)c1NC(=O)COC(=O)c1ccc(F)cc1. The van der Waals surface area contributed by atoms with Crippen LogP contribution in [0.25, 0.3) is 5.69 Å². The Morgan fingerprint density at radius 2 is 1.74 bits per heavy atom. The Hall–Kier alpha value is -3.48. The molecule has 7 heteroatoms. The number of amides is 1. The van der Waals surface area contributed by atoms with Crippen LogP contribution in [0.15, 0.2) is 54.6 Å². The third-order valence-corrected chi connectivity index (χ3v) is 3.97. The van der Waals surface area contributed by atoms with Crippen molar-refractivity contribution < 1.29 is 18.7 Å². The maximum Gasteiger partial charge on any atom is 0.338 e. The van der Waals surface area contributed by atoms with Gasteiger partial charge >= 0.3 is 5.97 Å².